The highest BCUT2D eigenvalue weighted by Gasteiger charge is 2.49. The van der Waals surface area contributed by atoms with Crippen LogP contribution in [0, 0.1) is 5.92 Å². The molecular formula is C21H25NO2. The van der Waals surface area contributed by atoms with Gasteiger partial charge in [0.25, 0.3) is 0 Å². The van der Waals surface area contributed by atoms with Crippen molar-refractivity contribution < 1.29 is 9.84 Å². The predicted molar refractivity (Wildman–Crippen MR) is 94.8 cm³/mol. The van der Waals surface area contributed by atoms with Gasteiger partial charge >= 0.3 is 0 Å². The summed E-state index contributed by atoms with van der Waals surface area (Å²) in [5.41, 5.74) is 2.03. The first-order valence-corrected chi connectivity index (χ1v) is 8.90. The van der Waals surface area contributed by atoms with Gasteiger partial charge in [-0.15, -0.1) is 0 Å². The Hall–Kier alpha value is -1.68. The summed E-state index contributed by atoms with van der Waals surface area (Å²) in [6, 6.07) is 21.4. The molecule has 0 unspecified atom stereocenters. The van der Waals surface area contributed by atoms with Gasteiger partial charge in [0.2, 0.25) is 0 Å². The van der Waals surface area contributed by atoms with Crippen molar-refractivity contribution in [3.05, 3.63) is 71.8 Å². The van der Waals surface area contributed by atoms with Crippen LogP contribution in [-0.2, 0) is 4.74 Å². The number of benzene rings is 2. The van der Waals surface area contributed by atoms with Gasteiger partial charge in [-0.25, -0.2) is 0 Å². The summed E-state index contributed by atoms with van der Waals surface area (Å²) in [4.78, 5) is 2.40. The van der Waals surface area contributed by atoms with Gasteiger partial charge in [0.05, 0.1) is 11.6 Å². The Balaban J connectivity index is 1.55. The third-order valence-corrected chi connectivity index (χ3v) is 5.53. The number of rotatable bonds is 4. The average molecular weight is 323 g/mol. The Bertz CT molecular complexity index is 607. The average Bonchev–Trinajstić information content (AvgIpc) is 2.63. The molecule has 2 aliphatic heterocycles. The zero-order valence-corrected chi connectivity index (χ0v) is 14.0. The van der Waals surface area contributed by atoms with Gasteiger partial charge in [-0.1, -0.05) is 60.7 Å². The lowest BCUT2D eigenvalue weighted by Crippen LogP contribution is -2.66. The van der Waals surface area contributed by atoms with E-state index < -0.39 is 5.60 Å². The van der Waals surface area contributed by atoms with Gasteiger partial charge in [-0.3, -0.25) is 4.90 Å². The van der Waals surface area contributed by atoms with Crippen molar-refractivity contribution in [1.82, 2.24) is 4.90 Å². The minimum Gasteiger partial charge on any atom is -0.387 e. The highest BCUT2D eigenvalue weighted by atomic mass is 16.5. The molecule has 0 bridgehead atoms. The Morgan fingerprint density at radius 2 is 1.38 bits per heavy atom. The number of β-amino-alcohol motifs (C(OH)–C–C–N with tert-alkyl or cyclic N) is 1. The summed E-state index contributed by atoms with van der Waals surface area (Å²) in [5.74, 6) is 0.370. The van der Waals surface area contributed by atoms with Gasteiger partial charge in [0.15, 0.2) is 0 Å². The van der Waals surface area contributed by atoms with E-state index in [-0.39, 0.29) is 6.04 Å². The van der Waals surface area contributed by atoms with Crippen LogP contribution < -0.4 is 0 Å². The largest absolute Gasteiger partial charge is 0.387 e. The number of ether oxygens (including phenoxy) is 1. The molecule has 2 aromatic carbocycles. The van der Waals surface area contributed by atoms with Crippen LogP contribution in [-0.4, -0.2) is 41.9 Å². The van der Waals surface area contributed by atoms with Gasteiger partial charge in [0, 0.05) is 26.3 Å². The highest BCUT2D eigenvalue weighted by Crippen LogP contribution is 2.41. The fraction of sp³-hybridized carbons (Fsp3) is 0.429. The van der Waals surface area contributed by atoms with E-state index in [0.717, 1.165) is 39.1 Å². The number of hydrogen-bond donors (Lipinski definition) is 1. The summed E-state index contributed by atoms with van der Waals surface area (Å²) < 4.78 is 5.45. The molecule has 1 N–H and O–H groups in total. The van der Waals surface area contributed by atoms with Crippen molar-refractivity contribution in [1.29, 1.82) is 0 Å². The third-order valence-electron chi connectivity index (χ3n) is 5.53. The molecule has 2 saturated heterocycles. The molecule has 3 heteroatoms. The first kappa shape index (κ1) is 15.8. The standard InChI is InChI=1S/C21H25NO2/c23-21(19-11-13-24-14-12-19)15-22(16-21)20(17-7-3-1-4-8-17)18-9-5-2-6-10-18/h1-10,19-20,23H,11-16H2. The van der Waals surface area contributed by atoms with Crippen molar-refractivity contribution in [3.8, 4) is 0 Å². The smallest absolute Gasteiger partial charge is 0.0930 e. The third kappa shape index (κ3) is 3.00. The molecule has 4 rings (SSSR count). The van der Waals surface area contributed by atoms with Crippen LogP contribution in [0.4, 0.5) is 0 Å². The molecule has 0 radical (unpaired) electrons. The van der Waals surface area contributed by atoms with Crippen molar-refractivity contribution in [2.24, 2.45) is 5.92 Å². The zero-order chi connectivity index (χ0) is 16.4. The molecule has 2 aliphatic rings. The summed E-state index contributed by atoms with van der Waals surface area (Å²) in [7, 11) is 0. The van der Waals surface area contributed by atoms with Crippen molar-refractivity contribution in [3.63, 3.8) is 0 Å². The monoisotopic (exact) mass is 323 g/mol. The molecule has 126 valence electrons. The van der Waals surface area contributed by atoms with Crippen molar-refractivity contribution in [2.75, 3.05) is 26.3 Å². The van der Waals surface area contributed by atoms with Gasteiger partial charge < -0.3 is 9.84 Å². The first-order valence-electron chi connectivity index (χ1n) is 8.90. The maximum absolute atomic E-state index is 11.1. The number of likely N-dealkylation sites (tertiary alicyclic amines) is 1. The second-order valence-electron chi connectivity index (χ2n) is 7.12. The molecule has 24 heavy (non-hydrogen) atoms. The summed E-state index contributed by atoms with van der Waals surface area (Å²) >= 11 is 0. The lowest BCUT2D eigenvalue weighted by molar-refractivity contribution is -0.163. The van der Waals surface area contributed by atoms with Gasteiger partial charge in [0.1, 0.15) is 0 Å². The molecule has 2 heterocycles. The normalized spacial score (nSPS) is 21.6. The quantitative estimate of drug-likeness (QED) is 0.937. The minimum atomic E-state index is -0.550. The molecule has 2 aromatic rings. The Labute approximate surface area is 143 Å². The van der Waals surface area contributed by atoms with Crippen LogP contribution in [0.3, 0.4) is 0 Å². The van der Waals surface area contributed by atoms with Crippen LogP contribution in [0.25, 0.3) is 0 Å². The molecule has 2 fully saturated rings. The zero-order valence-electron chi connectivity index (χ0n) is 14.0. The van der Waals surface area contributed by atoms with Crippen LogP contribution >= 0.6 is 0 Å². The minimum absolute atomic E-state index is 0.215. The fourth-order valence-electron chi connectivity index (χ4n) is 4.22. The van der Waals surface area contributed by atoms with Crippen LogP contribution in [0.2, 0.25) is 0 Å². The lowest BCUT2D eigenvalue weighted by atomic mass is 9.75. The molecule has 0 aromatic heterocycles. The van der Waals surface area contributed by atoms with Gasteiger partial charge in [-0.05, 0) is 29.9 Å². The molecule has 0 saturated carbocycles. The van der Waals surface area contributed by atoms with E-state index in [9.17, 15) is 5.11 Å². The summed E-state index contributed by atoms with van der Waals surface area (Å²) in [6.07, 6.45) is 1.96. The van der Waals surface area contributed by atoms with E-state index in [0.29, 0.717) is 5.92 Å². The topological polar surface area (TPSA) is 32.7 Å². The maximum atomic E-state index is 11.1. The van der Waals surface area contributed by atoms with E-state index in [1.54, 1.807) is 0 Å². The van der Waals surface area contributed by atoms with Crippen molar-refractivity contribution >= 4 is 0 Å². The van der Waals surface area contributed by atoms with E-state index >= 15 is 0 Å². The highest BCUT2D eigenvalue weighted by molar-refractivity contribution is 5.33. The summed E-state index contributed by atoms with van der Waals surface area (Å²) in [6.45, 7) is 3.06. The Kier molecular flexibility index (Phi) is 4.40. The number of hydrogen-bond acceptors (Lipinski definition) is 3. The van der Waals surface area contributed by atoms with Crippen LogP contribution in [0.1, 0.15) is 30.0 Å². The maximum Gasteiger partial charge on any atom is 0.0930 e. The first-order chi connectivity index (χ1) is 11.8. The SMILES string of the molecule is OC1(C2CCOCC2)CN(C(c2ccccc2)c2ccccc2)C1. The fourth-order valence-corrected chi connectivity index (χ4v) is 4.22. The van der Waals surface area contributed by atoms with E-state index in [4.69, 9.17) is 4.74 Å². The van der Waals surface area contributed by atoms with Crippen LogP contribution in [0.5, 0.6) is 0 Å². The second kappa shape index (κ2) is 6.67. The number of nitrogens with zero attached hydrogens (tertiary/aromatic N) is 1. The molecular weight excluding hydrogens is 298 g/mol. The molecule has 0 spiro atoms. The van der Waals surface area contributed by atoms with Crippen LogP contribution in [0.15, 0.2) is 60.7 Å². The molecule has 0 amide bonds. The summed E-state index contributed by atoms with van der Waals surface area (Å²) in [5, 5.41) is 11.1. The number of aliphatic hydroxyl groups is 1. The predicted octanol–water partition coefficient (Wildman–Crippen LogP) is 3.25. The van der Waals surface area contributed by atoms with E-state index in [1.165, 1.54) is 11.1 Å². The molecule has 0 atom stereocenters. The lowest BCUT2D eigenvalue weighted by Gasteiger charge is -2.54. The Morgan fingerprint density at radius 3 is 1.88 bits per heavy atom. The van der Waals surface area contributed by atoms with Crippen molar-refractivity contribution in [2.45, 2.75) is 24.5 Å². The molecule has 0 aliphatic carbocycles. The second-order valence-corrected chi connectivity index (χ2v) is 7.12. The van der Waals surface area contributed by atoms with E-state index in [1.807, 2.05) is 0 Å². The van der Waals surface area contributed by atoms with Gasteiger partial charge in [-0.2, -0.15) is 0 Å². The van der Waals surface area contributed by atoms with E-state index in [2.05, 4.69) is 65.6 Å². The Morgan fingerprint density at radius 1 is 0.875 bits per heavy atom. The molecule has 3 nitrogen and oxygen atoms in total.